The number of benzene rings is 2. The van der Waals surface area contributed by atoms with Gasteiger partial charge in [0.05, 0.1) is 10.5 Å². The van der Waals surface area contributed by atoms with Crippen LogP contribution in [0.2, 0.25) is 0 Å². The van der Waals surface area contributed by atoms with Crippen LogP contribution in [0.15, 0.2) is 59.5 Å². The summed E-state index contributed by atoms with van der Waals surface area (Å²) in [7, 11) is -3.87. The van der Waals surface area contributed by atoms with E-state index in [-0.39, 0.29) is 36.7 Å². The lowest BCUT2D eigenvalue weighted by molar-refractivity contribution is -0.147. The summed E-state index contributed by atoms with van der Waals surface area (Å²) in [4.78, 5) is 24.6. The molecule has 154 valence electrons. The molecule has 1 aliphatic rings. The molecular formula is C22H24O6S. The maximum atomic E-state index is 13.2. The third-order valence-electron chi connectivity index (χ3n) is 5.19. The van der Waals surface area contributed by atoms with E-state index in [1.165, 1.54) is 19.1 Å². The highest BCUT2D eigenvalue weighted by Gasteiger charge is 2.54. The molecule has 0 aliphatic heterocycles. The monoisotopic (exact) mass is 416 g/mol. The minimum absolute atomic E-state index is 0.0253. The van der Waals surface area contributed by atoms with Gasteiger partial charge < -0.3 is 9.47 Å². The van der Waals surface area contributed by atoms with Gasteiger partial charge in [0.2, 0.25) is 0 Å². The summed E-state index contributed by atoms with van der Waals surface area (Å²) in [6, 6.07) is 14.8. The fraction of sp³-hybridized carbons (Fsp3) is 0.364. The van der Waals surface area contributed by atoms with E-state index in [4.69, 9.17) is 9.47 Å². The Balaban J connectivity index is 1.68. The Labute approximate surface area is 170 Å². The lowest BCUT2D eigenvalue weighted by atomic mass is 10.1. The SMILES string of the molecule is CC(=O)c1ccccc1OCCOC(=O)C1(S(=O)(=O)c2ccccc2)CCCC1. The van der Waals surface area contributed by atoms with E-state index in [0.717, 1.165) is 0 Å². The minimum Gasteiger partial charge on any atom is -0.489 e. The highest BCUT2D eigenvalue weighted by atomic mass is 32.2. The minimum atomic E-state index is -3.87. The number of rotatable bonds is 8. The van der Waals surface area contributed by atoms with Crippen LogP contribution < -0.4 is 4.74 Å². The maximum Gasteiger partial charge on any atom is 0.327 e. The molecule has 1 aliphatic carbocycles. The maximum absolute atomic E-state index is 13.2. The summed E-state index contributed by atoms with van der Waals surface area (Å²) in [6.07, 6.45) is 1.81. The third kappa shape index (κ3) is 4.19. The number of Topliss-reactive ketones (excluding diaryl/α,β-unsaturated/α-hetero) is 1. The second kappa shape index (κ2) is 8.78. The van der Waals surface area contributed by atoms with Crippen LogP contribution in [0.1, 0.15) is 43.0 Å². The van der Waals surface area contributed by atoms with Gasteiger partial charge >= 0.3 is 5.97 Å². The predicted octanol–water partition coefficient (Wildman–Crippen LogP) is 3.60. The first-order chi connectivity index (χ1) is 13.9. The van der Waals surface area contributed by atoms with Gasteiger partial charge in [-0.1, -0.05) is 43.2 Å². The number of sulfone groups is 1. The highest BCUT2D eigenvalue weighted by Crippen LogP contribution is 2.41. The molecule has 0 aromatic heterocycles. The molecule has 0 heterocycles. The van der Waals surface area contributed by atoms with Gasteiger partial charge in [0.25, 0.3) is 0 Å². The second-order valence-electron chi connectivity index (χ2n) is 7.05. The molecule has 29 heavy (non-hydrogen) atoms. The average molecular weight is 416 g/mol. The Morgan fingerprint density at radius 1 is 0.931 bits per heavy atom. The molecular weight excluding hydrogens is 392 g/mol. The molecule has 0 N–H and O–H groups in total. The summed E-state index contributed by atoms with van der Waals surface area (Å²) in [5.74, 6) is -0.456. The van der Waals surface area contributed by atoms with Gasteiger partial charge in [-0.15, -0.1) is 0 Å². The molecule has 6 nitrogen and oxygen atoms in total. The van der Waals surface area contributed by atoms with Gasteiger partial charge in [-0.3, -0.25) is 9.59 Å². The van der Waals surface area contributed by atoms with Gasteiger partial charge in [-0.2, -0.15) is 0 Å². The van der Waals surface area contributed by atoms with Gasteiger partial charge in [0, 0.05) is 0 Å². The van der Waals surface area contributed by atoms with Gasteiger partial charge in [0.1, 0.15) is 19.0 Å². The lowest BCUT2D eigenvalue weighted by Crippen LogP contribution is -2.45. The molecule has 1 saturated carbocycles. The smallest absolute Gasteiger partial charge is 0.327 e. The Bertz CT molecular complexity index is 975. The number of hydrogen-bond acceptors (Lipinski definition) is 6. The first-order valence-corrected chi connectivity index (χ1v) is 11.1. The zero-order valence-electron chi connectivity index (χ0n) is 16.3. The van der Waals surface area contributed by atoms with Crippen molar-refractivity contribution in [1.29, 1.82) is 0 Å². The summed E-state index contributed by atoms with van der Waals surface area (Å²) in [5.41, 5.74) is 0.442. The molecule has 0 bridgehead atoms. The molecule has 0 saturated heterocycles. The quantitative estimate of drug-likeness (QED) is 0.371. The zero-order valence-corrected chi connectivity index (χ0v) is 17.1. The van der Waals surface area contributed by atoms with Crippen LogP contribution in [-0.4, -0.2) is 38.1 Å². The van der Waals surface area contributed by atoms with E-state index in [1.807, 2.05) is 0 Å². The van der Waals surface area contributed by atoms with Crippen LogP contribution in [0.5, 0.6) is 5.75 Å². The number of para-hydroxylation sites is 1. The van der Waals surface area contributed by atoms with Crippen molar-refractivity contribution in [3.05, 3.63) is 60.2 Å². The standard InChI is InChI=1S/C22H24O6S/c1-17(23)19-11-5-6-12-20(19)27-15-16-28-21(24)22(13-7-8-14-22)29(25,26)18-9-3-2-4-10-18/h2-6,9-12H,7-8,13-16H2,1H3. The average Bonchev–Trinajstić information content (AvgIpc) is 3.24. The molecule has 7 heteroatoms. The van der Waals surface area contributed by atoms with E-state index < -0.39 is 20.6 Å². The first-order valence-electron chi connectivity index (χ1n) is 9.58. The number of esters is 1. The number of carbonyl (C=O) groups is 2. The normalized spacial score (nSPS) is 15.6. The summed E-state index contributed by atoms with van der Waals surface area (Å²) >= 11 is 0. The van der Waals surface area contributed by atoms with Crippen molar-refractivity contribution in [2.75, 3.05) is 13.2 Å². The lowest BCUT2D eigenvalue weighted by Gasteiger charge is -2.26. The zero-order chi connectivity index (χ0) is 20.9. The van der Waals surface area contributed by atoms with Crippen LogP contribution in [0.25, 0.3) is 0 Å². The molecule has 0 spiro atoms. The van der Waals surface area contributed by atoms with Gasteiger partial charge in [0.15, 0.2) is 20.4 Å². The fourth-order valence-electron chi connectivity index (χ4n) is 3.65. The molecule has 0 amide bonds. The van der Waals surface area contributed by atoms with Crippen molar-refractivity contribution in [2.24, 2.45) is 0 Å². The van der Waals surface area contributed by atoms with Crippen LogP contribution in [-0.2, 0) is 19.4 Å². The molecule has 0 atom stereocenters. The van der Waals surface area contributed by atoms with Crippen molar-refractivity contribution in [2.45, 2.75) is 42.2 Å². The second-order valence-corrected chi connectivity index (χ2v) is 9.31. The van der Waals surface area contributed by atoms with Crippen molar-refractivity contribution in [3.8, 4) is 5.75 Å². The Morgan fingerprint density at radius 3 is 2.21 bits per heavy atom. The van der Waals surface area contributed by atoms with Gasteiger partial charge in [-0.25, -0.2) is 8.42 Å². The van der Waals surface area contributed by atoms with Crippen molar-refractivity contribution < 1.29 is 27.5 Å². The third-order valence-corrected chi connectivity index (χ3v) is 7.69. The summed E-state index contributed by atoms with van der Waals surface area (Å²) < 4.78 is 35.8. The van der Waals surface area contributed by atoms with Crippen molar-refractivity contribution >= 4 is 21.6 Å². The van der Waals surface area contributed by atoms with E-state index in [9.17, 15) is 18.0 Å². The van der Waals surface area contributed by atoms with Crippen LogP contribution in [0, 0.1) is 0 Å². The van der Waals surface area contributed by atoms with Crippen molar-refractivity contribution in [1.82, 2.24) is 0 Å². The number of ether oxygens (including phenoxy) is 2. The van der Waals surface area contributed by atoms with Crippen LogP contribution >= 0.6 is 0 Å². The molecule has 1 fully saturated rings. The topological polar surface area (TPSA) is 86.7 Å². The van der Waals surface area contributed by atoms with Gasteiger partial charge in [-0.05, 0) is 44.0 Å². The molecule has 2 aromatic rings. The molecule has 3 rings (SSSR count). The van der Waals surface area contributed by atoms with Crippen LogP contribution in [0.3, 0.4) is 0 Å². The predicted molar refractivity (Wildman–Crippen MR) is 108 cm³/mol. The Kier molecular flexibility index (Phi) is 6.37. The summed E-state index contributed by atoms with van der Waals surface area (Å²) in [6.45, 7) is 1.37. The number of carbonyl (C=O) groups excluding carboxylic acids is 2. The van der Waals surface area contributed by atoms with E-state index in [1.54, 1.807) is 42.5 Å². The van der Waals surface area contributed by atoms with E-state index in [0.29, 0.717) is 24.2 Å². The Hall–Kier alpha value is -2.67. The highest BCUT2D eigenvalue weighted by molar-refractivity contribution is 7.93. The first kappa shape index (κ1) is 21.0. The van der Waals surface area contributed by atoms with E-state index in [2.05, 4.69) is 0 Å². The molecule has 0 unspecified atom stereocenters. The van der Waals surface area contributed by atoms with Crippen molar-refractivity contribution in [3.63, 3.8) is 0 Å². The Morgan fingerprint density at radius 2 is 1.55 bits per heavy atom. The van der Waals surface area contributed by atoms with E-state index >= 15 is 0 Å². The summed E-state index contributed by atoms with van der Waals surface area (Å²) in [5, 5.41) is 0. The number of hydrogen-bond donors (Lipinski definition) is 0. The molecule has 0 radical (unpaired) electrons. The molecule has 2 aromatic carbocycles. The van der Waals surface area contributed by atoms with Crippen LogP contribution in [0.4, 0.5) is 0 Å². The fourth-order valence-corrected chi connectivity index (χ4v) is 5.73. The largest absolute Gasteiger partial charge is 0.489 e. The number of ketones is 1.